The Morgan fingerprint density at radius 2 is 0.580 bits per heavy atom. The standard InChI is InChI=1S/C75H145NO5/c1-3-5-7-9-11-13-15-17-18-38-41-44-47-51-55-59-63-67-73(78)72(71-77)76-74(79)68-64-60-56-52-48-45-42-39-36-34-32-30-28-26-24-22-20-19-21-23-25-27-29-31-33-35-37-40-43-46-50-54-58-62-66-70-81-75(80)69-65-61-57-53-49-16-14-12-10-8-6-4-2/h12,14,21,23,72-73,77-78H,3-11,13,15-20,22,24-71H2,1-2H3,(H,76,79)/b14-12-,23-21-. The summed E-state index contributed by atoms with van der Waals surface area (Å²) in [4.78, 5) is 24.6. The Balaban J connectivity index is 3.34. The van der Waals surface area contributed by atoms with Gasteiger partial charge in [0.1, 0.15) is 0 Å². The summed E-state index contributed by atoms with van der Waals surface area (Å²) in [6, 6.07) is -0.539. The highest BCUT2D eigenvalue weighted by Crippen LogP contribution is 2.19. The van der Waals surface area contributed by atoms with Crippen molar-refractivity contribution in [1.82, 2.24) is 5.32 Å². The summed E-state index contributed by atoms with van der Waals surface area (Å²) in [5.41, 5.74) is 0. The third-order valence-corrected chi connectivity index (χ3v) is 17.5. The van der Waals surface area contributed by atoms with Crippen LogP contribution in [0, 0.1) is 0 Å². The Morgan fingerprint density at radius 1 is 0.333 bits per heavy atom. The normalized spacial score (nSPS) is 12.6. The second-order valence-corrected chi connectivity index (χ2v) is 25.6. The number of amides is 1. The molecule has 0 aromatic rings. The van der Waals surface area contributed by atoms with Crippen molar-refractivity contribution in [2.24, 2.45) is 0 Å². The number of hydrogen-bond donors (Lipinski definition) is 3. The number of aliphatic hydroxyl groups excluding tert-OH is 2. The highest BCUT2D eigenvalue weighted by molar-refractivity contribution is 5.76. The number of allylic oxidation sites excluding steroid dienone is 4. The van der Waals surface area contributed by atoms with Crippen molar-refractivity contribution in [2.45, 2.75) is 431 Å². The SMILES string of the molecule is CCCCC/C=C\CCCCCCCC(=O)OCCCCCCCCCCCCCCCC/C=C\CCCCCCCCCCCCCCCCCCCC(=O)NC(CO)C(O)CCCCCCCCCCCCCCCCCCC. The minimum absolute atomic E-state index is 0.0107. The highest BCUT2D eigenvalue weighted by Gasteiger charge is 2.20. The van der Waals surface area contributed by atoms with E-state index >= 15 is 0 Å². The van der Waals surface area contributed by atoms with Gasteiger partial charge in [-0.15, -0.1) is 0 Å². The van der Waals surface area contributed by atoms with Gasteiger partial charge in [-0.25, -0.2) is 0 Å². The lowest BCUT2D eigenvalue weighted by Crippen LogP contribution is -2.45. The maximum Gasteiger partial charge on any atom is 0.305 e. The fraction of sp³-hybridized carbons (Fsp3) is 0.920. The number of carbonyl (C=O) groups is 2. The van der Waals surface area contributed by atoms with Crippen LogP contribution in [0.2, 0.25) is 0 Å². The summed E-state index contributed by atoms with van der Waals surface area (Å²) in [7, 11) is 0. The third kappa shape index (κ3) is 67.3. The molecule has 0 saturated heterocycles. The van der Waals surface area contributed by atoms with Crippen LogP contribution >= 0.6 is 0 Å². The molecule has 6 nitrogen and oxygen atoms in total. The molecule has 0 rings (SSSR count). The molecule has 1 amide bonds. The molecule has 0 aromatic heterocycles. The number of unbranched alkanes of at least 4 members (excludes halogenated alkanes) is 55. The van der Waals surface area contributed by atoms with Crippen LogP contribution in [0.5, 0.6) is 0 Å². The van der Waals surface area contributed by atoms with E-state index in [1.54, 1.807) is 0 Å². The number of aliphatic hydroxyl groups is 2. The topological polar surface area (TPSA) is 95.9 Å². The number of esters is 1. The summed E-state index contributed by atoms with van der Waals surface area (Å²) >= 11 is 0. The van der Waals surface area contributed by atoms with Crippen LogP contribution in [0.3, 0.4) is 0 Å². The van der Waals surface area contributed by atoms with Gasteiger partial charge in [0.15, 0.2) is 0 Å². The van der Waals surface area contributed by atoms with E-state index in [-0.39, 0.29) is 18.5 Å². The Kier molecular flexibility index (Phi) is 69.4. The minimum atomic E-state index is -0.662. The van der Waals surface area contributed by atoms with Gasteiger partial charge >= 0.3 is 5.97 Å². The average Bonchev–Trinajstić information content (AvgIpc) is 3.47. The van der Waals surface area contributed by atoms with Gasteiger partial charge in [-0.3, -0.25) is 9.59 Å². The molecule has 6 heteroatoms. The summed E-state index contributed by atoms with van der Waals surface area (Å²) < 4.78 is 5.48. The highest BCUT2D eigenvalue weighted by atomic mass is 16.5. The predicted molar refractivity (Wildman–Crippen MR) is 356 cm³/mol. The monoisotopic (exact) mass is 1140 g/mol. The smallest absolute Gasteiger partial charge is 0.305 e. The summed E-state index contributed by atoms with van der Waals surface area (Å²) in [6.45, 7) is 4.97. The number of rotatable bonds is 70. The van der Waals surface area contributed by atoms with Crippen LogP contribution in [0.25, 0.3) is 0 Å². The zero-order valence-electron chi connectivity index (χ0n) is 55.0. The fourth-order valence-electron chi connectivity index (χ4n) is 11.8. The van der Waals surface area contributed by atoms with Crippen LogP contribution in [-0.2, 0) is 14.3 Å². The average molecular weight is 1140 g/mol. The molecule has 3 N–H and O–H groups in total. The zero-order valence-corrected chi connectivity index (χ0v) is 55.0. The zero-order chi connectivity index (χ0) is 58.5. The molecular weight excluding hydrogens is 995 g/mol. The first-order chi connectivity index (χ1) is 40.0. The van der Waals surface area contributed by atoms with E-state index < -0.39 is 12.1 Å². The van der Waals surface area contributed by atoms with Gasteiger partial charge in [0.25, 0.3) is 0 Å². The number of nitrogens with one attached hydrogen (secondary N) is 1. The summed E-state index contributed by atoms with van der Waals surface area (Å²) in [5.74, 6) is -0.0168. The van der Waals surface area contributed by atoms with Gasteiger partial charge in [-0.2, -0.15) is 0 Å². The van der Waals surface area contributed by atoms with E-state index in [9.17, 15) is 19.8 Å². The lowest BCUT2D eigenvalue weighted by molar-refractivity contribution is -0.143. The first kappa shape index (κ1) is 79.3. The van der Waals surface area contributed by atoms with Gasteiger partial charge in [0.2, 0.25) is 5.91 Å². The number of ether oxygens (including phenoxy) is 1. The molecule has 0 spiro atoms. The molecule has 0 fully saturated rings. The Hall–Kier alpha value is -1.66. The van der Waals surface area contributed by atoms with E-state index in [2.05, 4.69) is 43.5 Å². The van der Waals surface area contributed by atoms with E-state index in [1.165, 1.54) is 340 Å². The first-order valence-corrected chi connectivity index (χ1v) is 37.1. The molecule has 0 aliphatic carbocycles. The molecule has 0 aliphatic rings. The molecule has 2 atom stereocenters. The molecule has 2 unspecified atom stereocenters. The van der Waals surface area contributed by atoms with Crippen molar-refractivity contribution in [1.29, 1.82) is 0 Å². The minimum Gasteiger partial charge on any atom is -0.466 e. The predicted octanol–water partition coefficient (Wildman–Crippen LogP) is 24.1. The van der Waals surface area contributed by atoms with Crippen LogP contribution < -0.4 is 5.32 Å². The molecule has 0 aromatic carbocycles. The molecule has 0 radical (unpaired) electrons. The molecule has 0 saturated carbocycles. The molecule has 81 heavy (non-hydrogen) atoms. The first-order valence-electron chi connectivity index (χ1n) is 37.1. The molecule has 480 valence electrons. The quantitative estimate of drug-likeness (QED) is 0.0320. The van der Waals surface area contributed by atoms with Gasteiger partial charge < -0.3 is 20.3 Å². The summed E-state index contributed by atoms with van der Waals surface area (Å²) in [6.07, 6.45) is 89.7. The van der Waals surface area contributed by atoms with E-state index in [0.29, 0.717) is 25.9 Å². The van der Waals surface area contributed by atoms with Crippen molar-refractivity contribution >= 4 is 11.9 Å². The van der Waals surface area contributed by atoms with Crippen LogP contribution in [0.15, 0.2) is 24.3 Å². The van der Waals surface area contributed by atoms with Gasteiger partial charge in [0, 0.05) is 12.8 Å². The second kappa shape index (κ2) is 70.8. The van der Waals surface area contributed by atoms with E-state index in [0.717, 1.165) is 44.9 Å². The lowest BCUT2D eigenvalue weighted by atomic mass is 10.0. The van der Waals surface area contributed by atoms with Gasteiger partial charge in [-0.1, -0.05) is 353 Å². The van der Waals surface area contributed by atoms with Crippen LogP contribution in [-0.4, -0.2) is 47.4 Å². The maximum absolute atomic E-state index is 12.5. The van der Waals surface area contributed by atoms with Crippen molar-refractivity contribution in [3.05, 3.63) is 24.3 Å². The van der Waals surface area contributed by atoms with E-state index in [4.69, 9.17) is 4.74 Å². The largest absolute Gasteiger partial charge is 0.466 e. The number of carbonyl (C=O) groups excluding carboxylic acids is 2. The Morgan fingerprint density at radius 3 is 0.901 bits per heavy atom. The third-order valence-electron chi connectivity index (χ3n) is 17.5. The van der Waals surface area contributed by atoms with Crippen molar-refractivity contribution in [3.8, 4) is 0 Å². The van der Waals surface area contributed by atoms with Crippen LogP contribution in [0.4, 0.5) is 0 Å². The van der Waals surface area contributed by atoms with Crippen molar-refractivity contribution < 1.29 is 24.5 Å². The van der Waals surface area contributed by atoms with Gasteiger partial charge in [0.05, 0.1) is 25.4 Å². The maximum atomic E-state index is 12.5. The van der Waals surface area contributed by atoms with Crippen LogP contribution in [0.1, 0.15) is 418 Å². The second-order valence-electron chi connectivity index (χ2n) is 25.6. The molecule has 0 bridgehead atoms. The van der Waals surface area contributed by atoms with Crippen molar-refractivity contribution in [3.63, 3.8) is 0 Å². The van der Waals surface area contributed by atoms with E-state index in [1.807, 2.05) is 0 Å². The molecule has 0 heterocycles. The Bertz CT molecular complexity index is 1270. The Labute approximate surface area is 507 Å². The number of hydrogen-bond acceptors (Lipinski definition) is 5. The molecular formula is C75H145NO5. The summed E-state index contributed by atoms with van der Waals surface area (Å²) in [5, 5.41) is 23.4. The van der Waals surface area contributed by atoms with Crippen molar-refractivity contribution in [2.75, 3.05) is 13.2 Å². The lowest BCUT2D eigenvalue weighted by Gasteiger charge is -2.22. The molecule has 0 aliphatic heterocycles. The van der Waals surface area contributed by atoms with Gasteiger partial charge in [-0.05, 0) is 77.0 Å². The fourth-order valence-corrected chi connectivity index (χ4v) is 11.8.